The average Bonchev–Trinajstić information content (AvgIpc) is 2.04. The number of aromatic nitrogens is 1. The summed E-state index contributed by atoms with van der Waals surface area (Å²) < 4.78 is 6.17. The molecule has 0 radical (unpaired) electrons. The van der Waals surface area contributed by atoms with Crippen molar-refractivity contribution in [1.29, 1.82) is 0 Å². The molecular formula is C8H10BrNO2. The Labute approximate surface area is 79.5 Å². The minimum Gasteiger partial charge on any atom is -0.472 e. The van der Waals surface area contributed by atoms with Crippen LogP contribution >= 0.6 is 15.9 Å². The lowest BCUT2D eigenvalue weighted by Gasteiger charge is -2.10. The van der Waals surface area contributed by atoms with E-state index in [4.69, 9.17) is 9.84 Å². The van der Waals surface area contributed by atoms with E-state index >= 15 is 0 Å². The van der Waals surface area contributed by atoms with Crippen LogP contribution in [-0.4, -0.2) is 22.8 Å². The molecule has 0 saturated heterocycles. The van der Waals surface area contributed by atoms with Gasteiger partial charge in [-0.15, -0.1) is 0 Å². The Morgan fingerprint density at radius 3 is 3.08 bits per heavy atom. The molecule has 0 bridgehead atoms. The highest BCUT2D eigenvalue weighted by Gasteiger charge is 2.02. The summed E-state index contributed by atoms with van der Waals surface area (Å²) in [6.45, 7) is 1.77. The van der Waals surface area contributed by atoms with Crippen molar-refractivity contribution in [2.45, 2.75) is 13.0 Å². The fourth-order valence-corrected chi connectivity index (χ4v) is 1.01. The minimum atomic E-state index is -0.216. The molecule has 0 unspecified atom stereocenters. The molecule has 0 aliphatic carbocycles. The number of rotatable bonds is 3. The number of nitrogens with zero attached hydrogens (tertiary/aromatic N) is 1. The Morgan fingerprint density at radius 1 is 1.75 bits per heavy atom. The summed E-state index contributed by atoms with van der Waals surface area (Å²) in [5.41, 5.74) is 0. The largest absolute Gasteiger partial charge is 0.472 e. The quantitative estimate of drug-likeness (QED) is 0.860. The van der Waals surface area contributed by atoms with Crippen LogP contribution in [0.4, 0.5) is 0 Å². The van der Waals surface area contributed by atoms with Crippen molar-refractivity contribution in [3.05, 3.63) is 22.8 Å². The Kier molecular flexibility index (Phi) is 3.49. The van der Waals surface area contributed by atoms with Crippen molar-refractivity contribution < 1.29 is 9.84 Å². The van der Waals surface area contributed by atoms with E-state index in [0.29, 0.717) is 5.88 Å². The van der Waals surface area contributed by atoms with Gasteiger partial charge in [-0.25, -0.2) is 4.98 Å². The van der Waals surface area contributed by atoms with E-state index in [1.54, 1.807) is 19.2 Å². The van der Waals surface area contributed by atoms with Gasteiger partial charge < -0.3 is 9.84 Å². The van der Waals surface area contributed by atoms with Crippen LogP contribution in [0.1, 0.15) is 6.92 Å². The molecule has 0 spiro atoms. The predicted octanol–water partition coefficient (Wildman–Crippen LogP) is 1.60. The normalized spacial score (nSPS) is 12.6. The summed E-state index contributed by atoms with van der Waals surface area (Å²) in [6, 6.07) is 3.57. The van der Waals surface area contributed by atoms with Crippen molar-refractivity contribution >= 4 is 15.9 Å². The third kappa shape index (κ3) is 2.79. The van der Waals surface area contributed by atoms with Gasteiger partial charge in [-0.05, 0) is 13.0 Å². The number of hydrogen-bond acceptors (Lipinski definition) is 3. The Morgan fingerprint density at radius 2 is 2.50 bits per heavy atom. The third-order valence-electron chi connectivity index (χ3n) is 1.28. The van der Waals surface area contributed by atoms with E-state index in [2.05, 4.69) is 20.9 Å². The van der Waals surface area contributed by atoms with E-state index in [1.165, 1.54) is 0 Å². The first-order valence-corrected chi connectivity index (χ1v) is 4.40. The van der Waals surface area contributed by atoms with Crippen molar-refractivity contribution in [3.63, 3.8) is 0 Å². The zero-order chi connectivity index (χ0) is 8.97. The molecule has 1 heterocycles. The van der Waals surface area contributed by atoms with Gasteiger partial charge in [0.2, 0.25) is 5.88 Å². The molecule has 3 nitrogen and oxygen atoms in total. The lowest BCUT2D eigenvalue weighted by atomic mass is 10.4. The molecule has 12 heavy (non-hydrogen) atoms. The summed E-state index contributed by atoms with van der Waals surface area (Å²) >= 11 is 3.29. The molecule has 1 rings (SSSR count). The predicted molar refractivity (Wildman–Crippen MR) is 49.1 cm³/mol. The van der Waals surface area contributed by atoms with Crippen LogP contribution in [0.2, 0.25) is 0 Å². The van der Waals surface area contributed by atoms with Gasteiger partial charge in [-0.2, -0.15) is 0 Å². The average molecular weight is 232 g/mol. The number of ether oxygens (including phenoxy) is 1. The number of hydrogen-bond donors (Lipinski definition) is 1. The van der Waals surface area contributed by atoms with Gasteiger partial charge in [-0.1, -0.05) is 15.9 Å². The molecule has 1 aromatic heterocycles. The second-order valence-electron chi connectivity index (χ2n) is 2.42. The molecule has 1 aromatic rings. The van der Waals surface area contributed by atoms with Crippen LogP contribution in [0.25, 0.3) is 0 Å². The Bertz CT molecular complexity index is 255. The zero-order valence-electron chi connectivity index (χ0n) is 6.70. The maximum Gasteiger partial charge on any atom is 0.214 e. The first kappa shape index (κ1) is 9.48. The van der Waals surface area contributed by atoms with Gasteiger partial charge >= 0.3 is 0 Å². The monoisotopic (exact) mass is 231 g/mol. The molecule has 0 fully saturated rings. The summed E-state index contributed by atoms with van der Waals surface area (Å²) in [6.07, 6.45) is 1.43. The van der Waals surface area contributed by atoms with Gasteiger partial charge in [0.05, 0.1) is 6.61 Å². The zero-order valence-corrected chi connectivity index (χ0v) is 8.28. The summed E-state index contributed by atoms with van der Waals surface area (Å²) in [5, 5.41) is 8.70. The molecule has 4 heteroatoms. The summed E-state index contributed by atoms with van der Waals surface area (Å²) in [7, 11) is 0. The lowest BCUT2D eigenvalue weighted by Crippen LogP contribution is -2.16. The van der Waals surface area contributed by atoms with Crippen LogP contribution in [0, 0.1) is 0 Å². The molecular weight excluding hydrogens is 222 g/mol. The van der Waals surface area contributed by atoms with Crippen LogP contribution in [-0.2, 0) is 0 Å². The smallest absolute Gasteiger partial charge is 0.214 e. The van der Waals surface area contributed by atoms with Gasteiger partial charge in [0, 0.05) is 16.7 Å². The SMILES string of the molecule is C[C@H](CO)Oc1cc(Br)ccn1. The lowest BCUT2D eigenvalue weighted by molar-refractivity contribution is 0.125. The maximum atomic E-state index is 8.70. The van der Waals surface area contributed by atoms with Crippen molar-refractivity contribution in [2.24, 2.45) is 0 Å². The highest BCUT2D eigenvalue weighted by Crippen LogP contribution is 2.15. The first-order valence-electron chi connectivity index (χ1n) is 3.61. The highest BCUT2D eigenvalue weighted by atomic mass is 79.9. The summed E-state index contributed by atoms with van der Waals surface area (Å²) in [5.74, 6) is 0.519. The van der Waals surface area contributed by atoms with E-state index in [9.17, 15) is 0 Å². The number of aliphatic hydroxyl groups excluding tert-OH is 1. The molecule has 66 valence electrons. The number of halogens is 1. The minimum absolute atomic E-state index is 0.00576. The highest BCUT2D eigenvalue weighted by molar-refractivity contribution is 9.10. The first-order chi connectivity index (χ1) is 5.72. The van der Waals surface area contributed by atoms with Gasteiger partial charge in [-0.3, -0.25) is 0 Å². The van der Waals surface area contributed by atoms with Gasteiger partial charge in [0.15, 0.2) is 0 Å². The van der Waals surface area contributed by atoms with Crippen molar-refractivity contribution in [2.75, 3.05) is 6.61 Å². The Balaban J connectivity index is 2.63. The molecule has 0 saturated carbocycles. The third-order valence-corrected chi connectivity index (χ3v) is 1.77. The summed E-state index contributed by atoms with van der Waals surface area (Å²) in [4.78, 5) is 3.96. The second kappa shape index (κ2) is 4.42. The van der Waals surface area contributed by atoms with Crippen molar-refractivity contribution in [3.8, 4) is 5.88 Å². The maximum absolute atomic E-state index is 8.70. The molecule has 0 aliphatic rings. The van der Waals surface area contributed by atoms with E-state index in [-0.39, 0.29) is 12.7 Å². The standard InChI is InChI=1S/C8H10BrNO2/c1-6(5-11)12-8-4-7(9)2-3-10-8/h2-4,6,11H,5H2,1H3/t6-/m1/s1. The number of pyridine rings is 1. The van der Waals surface area contributed by atoms with Gasteiger partial charge in [0.25, 0.3) is 0 Å². The van der Waals surface area contributed by atoms with E-state index < -0.39 is 0 Å². The second-order valence-corrected chi connectivity index (χ2v) is 3.34. The van der Waals surface area contributed by atoms with E-state index in [0.717, 1.165) is 4.47 Å². The fraction of sp³-hybridized carbons (Fsp3) is 0.375. The van der Waals surface area contributed by atoms with E-state index in [1.807, 2.05) is 6.07 Å². The molecule has 0 aromatic carbocycles. The Hall–Kier alpha value is -0.610. The topological polar surface area (TPSA) is 42.4 Å². The molecule has 1 N–H and O–H groups in total. The van der Waals surface area contributed by atoms with Crippen LogP contribution in [0.5, 0.6) is 5.88 Å². The van der Waals surface area contributed by atoms with Crippen LogP contribution < -0.4 is 4.74 Å². The molecule has 1 atom stereocenters. The van der Waals surface area contributed by atoms with Crippen LogP contribution in [0.3, 0.4) is 0 Å². The fourth-order valence-electron chi connectivity index (χ4n) is 0.693. The van der Waals surface area contributed by atoms with Gasteiger partial charge in [0.1, 0.15) is 6.10 Å². The van der Waals surface area contributed by atoms with Crippen LogP contribution in [0.15, 0.2) is 22.8 Å². The molecule has 0 amide bonds. The molecule has 0 aliphatic heterocycles. The van der Waals surface area contributed by atoms with Crippen molar-refractivity contribution in [1.82, 2.24) is 4.98 Å². The number of aliphatic hydroxyl groups is 1.